The second kappa shape index (κ2) is 5.82. The van der Waals surface area contributed by atoms with Crippen LogP contribution in [0, 0.1) is 0 Å². The minimum atomic E-state index is -0.311. The molecule has 6 heteroatoms. The Morgan fingerprint density at radius 3 is 3.12 bits per heavy atom. The van der Waals surface area contributed by atoms with Gasteiger partial charge < -0.3 is 15.4 Å². The summed E-state index contributed by atoms with van der Waals surface area (Å²) in [5.41, 5.74) is 0.662. The second-order valence-corrected chi connectivity index (χ2v) is 4.87. The molecule has 0 aromatic heterocycles. The van der Waals surface area contributed by atoms with Gasteiger partial charge in [0.15, 0.2) is 0 Å². The summed E-state index contributed by atoms with van der Waals surface area (Å²) < 4.78 is 5.92. The zero-order valence-electron chi connectivity index (χ0n) is 9.00. The quantitative estimate of drug-likeness (QED) is 0.877. The Morgan fingerprint density at radius 2 is 2.41 bits per heavy atom. The van der Waals surface area contributed by atoms with Gasteiger partial charge in [0, 0.05) is 6.54 Å². The van der Waals surface area contributed by atoms with Crippen molar-refractivity contribution in [2.45, 2.75) is 6.04 Å². The van der Waals surface area contributed by atoms with E-state index in [1.165, 1.54) is 0 Å². The fourth-order valence-corrected chi connectivity index (χ4v) is 2.09. The van der Waals surface area contributed by atoms with Gasteiger partial charge >= 0.3 is 0 Å². The van der Waals surface area contributed by atoms with E-state index in [1.807, 2.05) is 0 Å². The molecule has 0 aliphatic carbocycles. The van der Waals surface area contributed by atoms with Crippen LogP contribution in [0.4, 0.5) is 5.69 Å². The van der Waals surface area contributed by atoms with E-state index in [-0.39, 0.29) is 11.9 Å². The second-order valence-electron chi connectivity index (χ2n) is 3.67. The lowest BCUT2D eigenvalue weighted by Gasteiger charge is -2.23. The molecule has 1 aromatic rings. The summed E-state index contributed by atoms with van der Waals surface area (Å²) in [6.07, 6.45) is 0. The van der Waals surface area contributed by atoms with E-state index in [4.69, 9.17) is 16.3 Å². The highest BCUT2D eigenvalue weighted by Crippen LogP contribution is 2.30. The number of carbonyl (C=O) groups is 1. The molecule has 4 nitrogen and oxygen atoms in total. The van der Waals surface area contributed by atoms with Gasteiger partial charge in [0.05, 0.1) is 28.4 Å². The zero-order chi connectivity index (χ0) is 12.3. The fraction of sp³-hybridized carbons (Fsp3) is 0.364. The Balaban J connectivity index is 2.04. The molecular weight excluding hydrogens is 307 g/mol. The van der Waals surface area contributed by atoms with Crippen LogP contribution in [0.25, 0.3) is 0 Å². The summed E-state index contributed by atoms with van der Waals surface area (Å²) >= 11 is 9.28. The molecule has 1 heterocycles. The number of hydrogen-bond donors (Lipinski definition) is 2. The molecule has 1 aliphatic rings. The monoisotopic (exact) mass is 318 g/mol. The molecule has 1 atom stereocenters. The molecule has 0 spiro atoms. The van der Waals surface area contributed by atoms with Gasteiger partial charge in [-0.05, 0) is 28.1 Å². The minimum Gasteiger partial charge on any atom is -0.378 e. The van der Waals surface area contributed by atoms with E-state index in [0.29, 0.717) is 34.9 Å². The minimum absolute atomic E-state index is 0.118. The molecule has 2 N–H and O–H groups in total. The highest BCUT2D eigenvalue weighted by molar-refractivity contribution is 9.10. The highest BCUT2D eigenvalue weighted by Gasteiger charge is 2.21. The summed E-state index contributed by atoms with van der Waals surface area (Å²) in [6.45, 7) is 1.73. The third-order valence-electron chi connectivity index (χ3n) is 2.45. The third-order valence-corrected chi connectivity index (χ3v) is 3.85. The van der Waals surface area contributed by atoms with E-state index >= 15 is 0 Å². The van der Waals surface area contributed by atoms with Crippen LogP contribution in [-0.4, -0.2) is 31.7 Å². The summed E-state index contributed by atoms with van der Waals surface area (Å²) in [7, 11) is 0. The molecule has 0 bridgehead atoms. The lowest BCUT2D eigenvalue weighted by Crippen LogP contribution is -2.48. The van der Waals surface area contributed by atoms with Crippen molar-refractivity contribution in [3.8, 4) is 0 Å². The van der Waals surface area contributed by atoms with Crippen molar-refractivity contribution in [1.82, 2.24) is 5.32 Å². The largest absolute Gasteiger partial charge is 0.378 e. The number of hydrogen-bond acceptors (Lipinski definition) is 3. The Bertz CT molecular complexity index is 422. The first kappa shape index (κ1) is 12.8. The summed E-state index contributed by atoms with van der Waals surface area (Å²) in [5.74, 6) is -0.118. The molecule has 2 rings (SSSR count). The van der Waals surface area contributed by atoms with Gasteiger partial charge in [-0.2, -0.15) is 0 Å². The number of ether oxygens (including phenoxy) is 1. The smallest absolute Gasteiger partial charge is 0.243 e. The standard InChI is InChI=1S/C11H12BrClN2O2/c12-10-7(13)2-1-3-8(10)15-11(16)9-6-17-5-4-14-9/h1-3,9,14H,4-6H2,(H,15,16). The Labute approximate surface area is 113 Å². The van der Waals surface area contributed by atoms with Crippen LogP contribution < -0.4 is 10.6 Å². The van der Waals surface area contributed by atoms with Crippen LogP contribution in [0.3, 0.4) is 0 Å². The number of nitrogens with one attached hydrogen (secondary N) is 2. The van der Waals surface area contributed by atoms with E-state index in [9.17, 15) is 4.79 Å². The van der Waals surface area contributed by atoms with Crippen LogP contribution in [0.2, 0.25) is 5.02 Å². The summed E-state index contributed by atoms with van der Waals surface area (Å²) in [6, 6.07) is 5.02. The normalized spacial score (nSPS) is 20.0. The first-order chi connectivity index (χ1) is 8.18. The van der Waals surface area contributed by atoms with Crippen molar-refractivity contribution in [3.63, 3.8) is 0 Å². The fourth-order valence-electron chi connectivity index (χ4n) is 1.55. The van der Waals surface area contributed by atoms with Crippen molar-refractivity contribution in [1.29, 1.82) is 0 Å². The van der Waals surface area contributed by atoms with Gasteiger partial charge in [0.1, 0.15) is 6.04 Å². The number of halogens is 2. The summed E-state index contributed by atoms with van der Waals surface area (Å²) in [5, 5.41) is 6.46. The van der Waals surface area contributed by atoms with Crippen molar-refractivity contribution >= 4 is 39.1 Å². The van der Waals surface area contributed by atoms with Crippen LogP contribution in [0.1, 0.15) is 0 Å². The topological polar surface area (TPSA) is 50.4 Å². The van der Waals surface area contributed by atoms with Gasteiger partial charge in [-0.15, -0.1) is 0 Å². The van der Waals surface area contributed by atoms with E-state index < -0.39 is 0 Å². The maximum Gasteiger partial charge on any atom is 0.243 e. The van der Waals surface area contributed by atoms with Gasteiger partial charge in [0.25, 0.3) is 0 Å². The van der Waals surface area contributed by atoms with Crippen molar-refractivity contribution in [2.75, 3.05) is 25.1 Å². The van der Waals surface area contributed by atoms with Crippen molar-refractivity contribution < 1.29 is 9.53 Å². The van der Waals surface area contributed by atoms with Crippen molar-refractivity contribution in [2.24, 2.45) is 0 Å². The maximum absolute atomic E-state index is 11.9. The molecule has 1 saturated heterocycles. The Hall–Kier alpha value is -0.620. The molecule has 1 unspecified atom stereocenters. The molecule has 17 heavy (non-hydrogen) atoms. The average Bonchev–Trinajstić information content (AvgIpc) is 2.36. The predicted octanol–water partition coefficient (Wildman–Crippen LogP) is 2.03. The SMILES string of the molecule is O=C(Nc1cccc(Cl)c1Br)C1COCCN1. The van der Waals surface area contributed by atoms with Gasteiger partial charge in [-0.25, -0.2) is 0 Å². The van der Waals surface area contributed by atoms with Gasteiger partial charge in [0.2, 0.25) is 5.91 Å². The molecule has 92 valence electrons. The van der Waals surface area contributed by atoms with Crippen LogP contribution >= 0.6 is 27.5 Å². The molecule has 1 aliphatic heterocycles. The number of amides is 1. The van der Waals surface area contributed by atoms with Gasteiger partial charge in [-0.3, -0.25) is 4.79 Å². The number of morpholine rings is 1. The zero-order valence-corrected chi connectivity index (χ0v) is 11.3. The summed E-state index contributed by atoms with van der Waals surface area (Å²) in [4.78, 5) is 11.9. The van der Waals surface area contributed by atoms with E-state index in [1.54, 1.807) is 18.2 Å². The third kappa shape index (κ3) is 3.19. The first-order valence-corrected chi connectivity index (χ1v) is 6.41. The maximum atomic E-state index is 11.9. The van der Waals surface area contributed by atoms with E-state index in [2.05, 4.69) is 26.6 Å². The molecule has 1 amide bonds. The Morgan fingerprint density at radius 1 is 1.59 bits per heavy atom. The Kier molecular flexibility index (Phi) is 4.39. The predicted molar refractivity (Wildman–Crippen MR) is 70.4 cm³/mol. The van der Waals surface area contributed by atoms with Crippen LogP contribution in [-0.2, 0) is 9.53 Å². The lowest BCUT2D eigenvalue weighted by molar-refractivity contribution is -0.120. The highest BCUT2D eigenvalue weighted by atomic mass is 79.9. The number of rotatable bonds is 2. The first-order valence-electron chi connectivity index (χ1n) is 5.24. The number of benzene rings is 1. The molecule has 1 aromatic carbocycles. The van der Waals surface area contributed by atoms with Crippen molar-refractivity contribution in [3.05, 3.63) is 27.7 Å². The lowest BCUT2D eigenvalue weighted by atomic mass is 10.2. The van der Waals surface area contributed by atoms with E-state index in [0.717, 1.165) is 0 Å². The van der Waals surface area contributed by atoms with Gasteiger partial charge in [-0.1, -0.05) is 17.7 Å². The molecule has 1 fully saturated rings. The number of carbonyl (C=O) groups excluding carboxylic acids is 1. The number of anilines is 1. The average molecular weight is 320 g/mol. The molecule has 0 saturated carbocycles. The molecular formula is C11H12BrClN2O2. The molecule has 0 radical (unpaired) electrons. The van der Waals surface area contributed by atoms with Crippen LogP contribution in [0.15, 0.2) is 22.7 Å². The van der Waals surface area contributed by atoms with Crippen LogP contribution in [0.5, 0.6) is 0 Å².